The van der Waals surface area contributed by atoms with E-state index in [4.69, 9.17) is 0 Å². The second kappa shape index (κ2) is 11.4. The monoisotopic (exact) mass is 282 g/mol. The molecule has 0 bridgehead atoms. The van der Waals surface area contributed by atoms with Crippen molar-refractivity contribution in [2.45, 2.75) is 94.4 Å². The summed E-state index contributed by atoms with van der Waals surface area (Å²) >= 11 is 0. The normalized spacial score (nSPS) is 17.4. The van der Waals surface area contributed by atoms with Crippen molar-refractivity contribution >= 4 is 0 Å². The highest BCUT2D eigenvalue weighted by Crippen LogP contribution is 2.49. The van der Waals surface area contributed by atoms with Gasteiger partial charge in [-0.05, 0) is 42.4 Å². The van der Waals surface area contributed by atoms with E-state index in [2.05, 4.69) is 55.0 Å². The van der Waals surface area contributed by atoms with Gasteiger partial charge in [0.25, 0.3) is 0 Å². The fourth-order valence-corrected chi connectivity index (χ4v) is 2.73. The molecule has 1 aliphatic rings. The van der Waals surface area contributed by atoms with Gasteiger partial charge in [0.1, 0.15) is 0 Å². The molecular formula is C20H42. The Balaban J connectivity index is 0. The predicted octanol–water partition coefficient (Wildman–Crippen LogP) is 7.49. The zero-order valence-electron chi connectivity index (χ0n) is 16.0. The Bertz CT molecular complexity index is 222. The van der Waals surface area contributed by atoms with Crippen LogP contribution in [0, 0.1) is 23.2 Å². The summed E-state index contributed by atoms with van der Waals surface area (Å²) < 4.78 is 0. The molecule has 0 heteroatoms. The zero-order valence-corrected chi connectivity index (χ0v) is 16.0. The van der Waals surface area contributed by atoms with E-state index in [0.717, 1.165) is 11.8 Å². The van der Waals surface area contributed by atoms with Gasteiger partial charge in [-0.1, -0.05) is 87.3 Å². The Morgan fingerprint density at radius 2 is 1.40 bits per heavy atom. The van der Waals surface area contributed by atoms with Crippen LogP contribution >= 0.6 is 0 Å². The molecule has 1 aliphatic carbocycles. The smallest absolute Gasteiger partial charge is 0.0227 e. The molecule has 0 N–H and O–H groups in total. The maximum absolute atomic E-state index is 4.23. The molecule has 1 rings (SSSR count). The van der Waals surface area contributed by atoms with E-state index in [9.17, 15) is 0 Å². The first-order valence-electron chi connectivity index (χ1n) is 8.92. The third-order valence-corrected chi connectivity index (χ3v) is 4.28. The maximum atomic E-state index is 4.23. The molecular weight excluding hydrogens is 240 g/mol. The summed E-state index contributed by atoms with van der Waals surface area (Å²) in [5.74, 6) is 2.20. The lowest BCUT2D eigenvalue weighted by atomic mass is 9.62. The van der Waals surface area contributed by atoms with Crippen LogP contribution in [0.1, 0.15) is 94.4 Å². The van der Waals surface area contributed by atoms with Crippen LogP contribution in [0.3, 0.4) is 0 Å². The Morgan fingerprint density at radius 3 is 1.60 bits per heavy atom. The van der Waals surface area contributed by atoms with Crippen LogP contribution in [0.25, 0.3) is 0 Å². The molecule has 0 saturated heterocycles. The zero-order chi connectivity index (χ0) is 16.3. The van der Waals surface area contributed by atoms with E-state index in [1.165, 1.54) is 37.7 Å². The Kier molecular flexibility index (Phi) is 12.6. The van der Waals surface area contributed by atoms with E-state index in [1.807, 2.05) is 13.8 Å². The lowest BCUT2D eigenvalue weighted by Gasteiger charge is -2.44. The molecule has 20 heavy (non-hydrogen) atoms. The fourth-order valence-electron chi connectivity index (χ4n) is 2.73. The van der Waals surface area contributed by atoms with Crippen LogP contribution in [0.4, 0.5) is 0 Å². The molecule has 1 unspecified atom stereocenters. The highest BCUT2D eigenvalue weighted by atomic mass is 14.4. The van der Waals surface area contributed by atoms with Crippen LogP contribution in [0.2, 0.25) is 0 Å². The topological polar surface area (TPSA) is 0 Å². The van der Waals surface area contributed by atoms with E-state index in [1.54, 1.807) is 0 Å². The standard InChI is InChI=1S/C14H26.C4H10.C2H6/c1-6-14(8-7-9-14)10-12(4)13(5)11(2)3;1-4(2)3;1-2/h11-12H,5-10H2,1-4H3;4H,1-3H3;1-2H3. The Hall–Kier alpha value is -0.260. The molecule has 0 radical (unpaired) electrons. The first-order chi connectivity index (χ1) is 9.24. The SMILES string of the molecule is C=C(C(C)C)C(C)CC1(CC)CCC1.CC.CC(C)C. The summed E-state index contributed by atoms with van der Waals surface area (Å²) in [5.41, 5.74) is 2.14. The summed E-state index contributed by atoms with van der Waals surface area (Å²) in [6, 6.07) is 0. The van der Waals surface area contributed by atoms with Crippen LogP contribution in [-0.4, -0.2) is 0 Å². The lowest BCUT2D eigenvalue weighted by Crippen LogP contribution is -2.31. The van der Waals surface area contributed by atoms with Gasteiger partial charge in [0.05, 0.1) is 0 Å². The van der Waals surface area contributed by atoms with Crippen LogP contribution < -0.4 is 0 Å². The molecule has 1 saturated carbocycles. The van der Waals surface area contributed by atoms with Gasteiger partial charge >= 0.3 is 0 Å². The first-order valence-corrected chi connectivity index (χ1v) is 8.92. The summed E-state index contributed by atoms with van der Waals surface area (Å²) in [7, 11) is 0. The second-order valence-corrected chi connectivity index (χ2v) is 7.27. The lowest BCUT2D eigenvalue weighted by molar-refractivity contribution is 0.0963. The van der Waals surface area contributed by atoms with Crippen LogP contribution in [0.5, 0.6) is 0 Å². The van der Waals surface area contributed by atoms with Crippen molar-refractivity contribution in [3.05, 3.63) is 12.2 Å². The molecule has 0 aliphatic heterocycles. The summed E-state index contributed by atoms with van der Waals surface area (Å²) in [5, 5.41) is 0. The summed E-state index contributed by atoms with van der Waals surface area (Å²) in [6.07, 6.45) is 7.11. The van der Waals surface area contributed by atoms with E-state index < -0.39 is 0 Å². The number of hydrogen-bond acceptors (Lipinski definition) is 0. The molecule has 0 aromatic rings. The number of hydrogen-bond donors (Lipinski definition) is 0. The summed E-state index contributed by atoms with van der Waals surface area (Å²) in [4.78, 5) is 0. The van der Waals surface area contributed by atoms with Crippen molar-refractivity contribution in [3.8, 4) is 0 Å². The van der Waals surface area contributed by atoms with Crippen molar-refractivity contribution in [1.82, 2.24) is 0 Å². The quantitative estimate of drug-likeness (QED) is 0.458. The van der Waals surface area contributed by atoms with Gasteiger partial charge < -0.3 is 0 Å². The molecule has 0 nitrogen and oxygen atoms in total. The molecule has 1 fully saturated rings. The van der Waals surface area contributed by atoms with Crippen LogP contribution in [0.15, 0.2) is 12.2 Å². The van der Waals surface area contributed by atoms with E-state index >= 15 is 0 Å². The highest BCUT2D eigenvalue weighted by Gasteiger charge is 2.36. The average molecular weight is 283 g/mol. The minimum Gasteiger partial charge on any atom is -0.0993 e. The minimum absolute atomic E-state index is 0.652. The van der Waals surface area contributed by atoms with Crippen molar-refractivity contribution in [2.75, 3.05) is 0 Å². The van der Waals surface area contributed by atoms with Gasteiger partial charge in [0.15, 0.2) is 0 Å². The van der Waals surface area contributed by atoms with Gasteiger partial charge in [-0.3, -0.25) is 0 Å². The minimum atomic E-state index is 0.652. The molecule has 0 aromatic heterocycles. The summed E-state index contributed by atoms with van der Waals surface area (Å²) in [6.45, 7) is 24.0. The predicted molar refractivity (Wildman–Crippen MR) is 96.2 cm³/mol. The third-order valence-electron chi connectivity index (χ3n) is 4.28. The van der Waals surface area contributed by atoms with Crippen molar-refractivity contribution in [1.29, 1.82) is 0 Å². The van der Waals surface area contributed by atoms with E-state index in [-0.39, 0.29) is 0 Å². The van der Waals surface area contributed by atoms with Gasteiger partial charge in [-0.15, -0.1) is 0 Å². The Morgan fingerprint density at radius 1 is 1.00 bits per heavy atom. The second-order valence-electron chi connectivity index (χ2n) is 7.27. The van der Waals surface area contributed by atoms with Gasteiger partial charge in [0.2, 0.25) is 0 Å². The first kappa shape index (κ1) is 22.0. The van der Waals surface area contributed by atoms with Crippen molar-refractivity contribution in [2.24, 2.45) is 23.2 Å². The molecule has 1 atom stereocenters. The van der Waals surface area contributed by atoms with Crippen molar-refractivity contribution < 1.29 is 0 Å². The Labute approximate surface area is 130 Å². The molecule has 122 valence electrons. The largest absolute Gasteiger partial charge is 0.0993 e. The molecule has 0 aromatic carbocycles. The van der Waals surface area contributed by atoms with Gasteiger partial charge in [-0.2, -0.15) is 0 Å². The van der Waals surface area contributed by atoms with E-state index in [0.29, 0.717) is 11.3 Å². The molecule has 0 spiro atoms. The number of allylic oxidation sites excluding steroid dienone is 1. The van der Waals surface area contributed by atoms with Gasteiger partial charge in [-0.25, -0.2) is 0 Å². The average Bonchev–Trinajstić information content (AvgIpc) is 2.34. The van der Waals surface area contributed by atoms with Crippen molar-refractivity contribution in [3.63, 3.8) is 0 Å². The number of rotatable bonds is 5. The highest BCUT2D eigenvalue weighted by molar-refractivity contribution is 5.04. The third kappa shape index (κ3) is 8.82. The molecule has 0 heterocycles. The molecule has 0 amide bonds. The van der Waals surface area contributed by atoms with Gasteiger partial charge in [0, 0.05) is 0 Å². The van der Waals surface area contributed by atoms with Crippen LogP contribution in [-0.2, 0) is 0 Å². The maximum Gasteiger partial charge on any atom is -0.0227 e. The fraction of sp³-hybridized carbons (Fsp3) is 0.900.